The fourth-order valence-corrected chi connectivity index (χ4v) is 3.24. The Bertz CT molecular complexity index is 1490. The van der Waals surface area contributed by atoms with E-state index in [1.54, 1.807) is 18.2 Å². The van der Waals surface area contributed by atoms with Gasteiger partial charge in [-0.2, -0.15) is 9.78 Å². The maximum atomic E-state index is 12.9. The number of hydrogen-bond donors (Lipinski definition) is 4. The lowest BCUT2D eigenvalue weighted by atomic mass is 10.2. The van der Waals surface area contributed by atoms with Crippen LogP contribution in [0.25, 0.3) is 5.65 Å². The number of nitrogens with one attached hydrogen (secondary N) is 4. The van der Waals surface area contributed by atoms with Gasteiger partial charge in [0.15, 0.2) is 22.9 Å². The number of benzene rings is 1. The van der Waals surface area contributed by atoms with Gasteiger partial charge in [-0.25, -0.2) is 9.97 Å². The summed E-state index contributed by atoms with van der Waals surface area (Å²) >= 11 is 0. The van der Waals surface area contributed by atoms with E-state index >= 15 is 0 Å². The number of nitrogens with zero attached hydrogens (tertiary/aromatic N) is 6. The molecule has 0 aliphatic heterocycles. The van der Waals surface area contributed by atoms with Crippen LogP contribution in [0.1, 0.15) is 5.69 Å². The molecule has 37 heavy (non-hydrogen) atoms. The normalized spacial score (nSPS) is 10.9. The summed E-state index contributed by atoms with van der Waals surface area (Å²) in [6, 6.07) is 10.5. The summed E-state index contributed by atoms with van der Waals surface area (Å²) in [5, 5.41) is 34.7. The molecule has 0 saturated heterocycles. The molecule has 0 fully saturated rings. The summed E-state index contributed by atoms with van der Waals surface area (Å²) in [4.78, 5) is 9.30. The smallest absolute Gasteiger partial charge is 0.495 e. The molecule has 3 heterocycles. The first-order valence-electron chi connectivity index (χ1n) is 10.3. The largest absolute Gasteiger partial charge is 0.573 e. The van der Waals surface area contributed by atoms with Gasteiger partial charge in [-0.3, -0.25) is 15.7 Å². The van der Waals surface area contributed by atoms with Crippen molar-refractivity contribution in [2.45, 2.75) is 6.36 Å². The molecule has 0 bridgehead atoms. The zero-order valence-electron chi connectivity index (χ0n) is 18.9. The van der Waals surface area contributed by atoms with Crippen molar-refractivity contribution in [2.24, 2.45) is 0 Å². The number of imidazole rings is 1. The molecule has 0 saturated carbocycles. The number of rotatable bonds is 9. The predicted octanol–water partition coefficient (Wildman–Crippen LogP) is 4.41. The fraction of sp³-hybridized carbons (Fsp3) is 0.0909. The topological polar surface area (TPSA) is 160 Å². The van der Waals surface area contributed by atoms with Gasteiger partial charge in [0.1, 0.15) is 17.6 Å². The fourth-order valence-electron chi connectivity index (χ4n) is 3.24. The number of hydrogen-bond acceptors (Lipinski definition) is 10. The molecule has 3 aromatic heterocycles. The van der Waals surface area contributed by atoms with Crippen molar-refractivity contribution in [3.8, 4) is 17.6 Å². The van der Waals surface area contributed by atoms with Gasteiger partial charge in [0.05, 0.1) is 43.6 Å². The highest BCUT2D eigenvalue weighted by Crippen LogP contribution is 2.35. The average molecular weight is 510 g/mol. The Morgan fingerprint density at radius 2 is 1.84 bits per heavy atom. The molecule has 0 atom stereocenters. The van der Waals surface area contributed by atoms with Gasteiger partial charge in [0.2, 0.25) is 0 Å². The molecule has 0 aliphatic rings. The van der Waals surface area contributed by atoms with E-state index in [1.165, 1.54) is 36.2 Å². The van der Waals surface area contributed by atoms with Crippen LogP contribution in [0, 0.1) is 22.1 Å². The van der Waals surface area contributed by atoms with Crippen LogP contribution >= 0.6 is 0 Å². The minimum absolute atomic E-state index is 0.137. The first-order chi connectivity index (χ1) is 17.7. The Morgan fingerprint density at radius 1 is 1.05 bits per heavy atom. The second-order valence-corrected chi connectivity index (χ2v) is 7.16. The summed E-state index contributed by atoms with van der Waals surface area (Å²) < 4.78 is 49.0. The van der Waals surface area contributed by atoms with Crippen molar-refractivity contribution in [1.82, 2.24) is 19.6 Å². The van der Waals surface area contributed by atoms with Crippen LogP contribution in [0.3, 0.4) is 0 Å². The van der Waals surface area contributed by atoms with Gasteiger partial charge in [-0.1, -0.05) is 0 Å². The van der Waals surface area contributed by atoms with E-state index < -0.39 is 12.1 Å². The number of anilines is 5. The molecule has 0 radical (unpaired) electrons. The number of aromatic nitrogens is 4. The Hall–Kier alpha value is -5.39. The molecule has 4 N–H and O–H groups in total. The van der Waals surface area contributed by atoms with Gasteiger partial charge >= 0.3 is 6.36 Å². The standard InChI is InChI=1S/C22H17F3N10O2/c1-36-15-3-5-19(29-10-15)32-16-7-20(33-35-14(8-26)9-30-21(16)35)31-13-2-4-18(37-22(23,24)25)17(6-13)34(11-27)12-28/h2-7,9-12,27-28H,1H3,(H,29,32)(H,31,33). The maximum absolute atomic E-state index is 12.9. The second kappa shape index (κ2) is 10.1. The van der Waals surface area contributed by atoms with E-state index in [9.17, 15) is 18.4 Å². The van der Waals surface area contributed by atoms with Gasteiger partial charge in [-0.05, 0) is 30.3 Å². The van der Waals surface area contributed by atoms with E-state index in [0.29, 0.717) is 35.6 Å². The van der Waals surface area contributed by atoms with Crippen LogP contribution in [0.15, 0.2) is 48.8 Å². The van der Waals surface area contributed by atoms with E-state index in [-0.39, 0.29) is 22.9 Å². The second-order valence-electron chi connectivity index (χ2n) is 7.16. The molecule has 15 heteroatoms. The lowest BCUT2D eigenvalue weighted by molar-refractivity contribution is -0.274. The van der Waals surface area contributed by atoms with E-state index in [2.05, 4.69) is 30.4 Å². The molecule has 0 aliphatic carbocycles. The molecule has 0 amide bonds. The lowest BCUT2D eigenvalue weighted by Crippen LogP contribution is -2.22. The van der Waals surface area contributed by atoms with Crippen molar-refractivity contribution >= 4 is 47.0 Å². The Balaban J connectivity index is 1.74. The third kappa shape index (κ3) is 5.48. The van der Waals surface area contributed by atoms with Crippen molar-refractivity contribution in [1.29, 1.82) is 16.1 Å². The molecule has 12 nitrogen and oxygen atoms in total. The molecule has 0 unspecified atom stereocenters. The number of halogens is 3. The third-order valence-electron chi connectivity index (χ3n) is 4.83. The number of fused-ring (bicyclic) bond motifs is 1. The number of ether oxygens (including phenoxy) is 2. The van der Waals surface area contributed by atoms with Crippen LogP contribution in [0.2, 0.25) is 0 Å². The lowest BCUT2D eigenvalue weighted by Gasteiger charge is -2.20. The van der Waals surface area contributed by atoms with Gasteiger partial charge < -0.3 is 20.1 Å². The minimum atomic E-state index is -4.98. The van der Waals surface area contributed by atoms with Crippen LogP contribution < -0.4 is 25.0 Å². The molecular weight excluding hydrogens is 493 g/mol. The number of alkyl halides is 3. The zero-order chi connectivity index (χ0) is 26.6. The molecule has 0 spiro atoms. The van der Waals surface area contributed by atoms with Gasteiger partial charge in [-0.15, -0.1) is 18.3 Å². The minimum Gasteiger partial charge on any atom is -0.495 e. The highest BCUT2D eigenvalue weighted by atomic mass is 19.4. The van der Waals surface area contributed by atoms with Crippen LogP contribution in [-0.2, 0) is 0 Å². The molecule has 4 rings (SSSR count). The number of pyridine rings is 1. The van der Waals surface area contributed by atoms with Crippen molar-refractivity contribution in [3.05, 3.63) is 54.5 Å². The molecule has 188 valence electrons. The quantitative estimate of drug-likeness (QED) is 0.189. The molecule has 1 aromatic carbocycles. The average Bonchev–Trinajstić information content (AvgIpc) is 3.29. The Labute approximate surface area is 206 Å². The number of nitriles is 1. The summed E-state index contributed by atoms with van der Waals surface area (Å²) in [5.74, 6) is 0.593. The van der Waals surface area contributed by atoms with Crippen LogP contribution in [0.4, 0.5) is 41.9 Å². The van der Waals surface area contributed by atoms with Gasteiger partial charge in [0, 0.05) is 11.8 Å². The summed E-state index contributed by atoms with van der Waals surface area (Å²) in [5.41, 5.74) is 0.937. The number of methoxy groups -OCH3 is 1. The van der Waals surface area contributed by atoms with Crippen LogP contribution in [0.5, 0.6) is 11.5 Å². The van der Waals surface area contributed by atoms with Crippen molar-refractivity contribution in [3.63, 3.8) is 0 Å². The summed E-state index contributed by atoms with van der Waals surface area (Å²) in [6.45, 7) is 0. The maximum Gasteiger partial charge on any atom is 0.573 e. The van der Waals surface area contributed by atoms with Gasteiger partial charge in [0.25, 0.3) is 0 Å². The molecule has 4 aromatic rings. The van der Waals surface area contributed by atoms with E-state index in [0.717, 1.165) is 11.0 Å². The third-order valence-corrected chi connectivity index (χ3v) is 4.83. The highest BCUT2D eigenvalue weighted by molar-refractivity contribution is 6.00. The first kappa shape index (κ1) is 24.7. The Kier molecular flexibility index (Phi) is 6.73. The highest BCUT2D eigenvalue weighted by Gasteiger charge is 2.32. The molecular formula is C22H17F3N10O2. The first-order valence-corrected chi connectivity index (χ1v) is 10.3. The Morgan fingerprint density at radius 3 is 2.46 bits per heavy atom. The zero-order valence-corrected chi connectivity index (χ0v) is 18.9. The monoisotopic (exact) mass is 510 g/mol. The van der Waals surface area contributed by atoms with Crippen LogP contribution in [-0.4, -0.2) is 45.7 Å². The summed E-state index contributed by atoms with van der Waals surface area (Å²) in [7, 11) is 1.51. The predicted molar refractivity (Wildman–Crippen MR) is 128 cm³/mol. The SMILES string of the molecule is COc1ccc(Nc2cc(Nc3ccc(OC(F)(F)F)c(N(C=N)C=N)c3)nn3c(C#N)cnc23)nc1. The van der Waals surface area contributed by atoms with E-state index in [1.807, 2.05) is 6.07 Å². The summed E-state index contributed by atoms with van der Waals surface area (Å²) in [6.07, 6.45) is -0.803. The van der Waals surface area contributed by atoms with Crippen molar-refractivity contribution in [2.75, 3.05) is 22.6 Å². The van der Waals surface area contributed by atoms with Crippen molar-refractivity contribution < 1.29 is 22.6 Å². The van der Waals surface area contributed by atoms with E-state index in [4.69, 9.17) is 15.6 Å².